The quantitative estimate of drug-likeness (QED) is 0.230. The standard InChI is InChI=1S/C25H20BrFN2O4/c1-2-31-22-12-17(11-20(26)24(22)32-15-16-7-9-19(27)10-8-16)14-28-29-25(30)23-13-18-5-3-4-6-21(18)33-23/h3-14H,2,15H2,1H3,(H,29,30)/b28-14+. The van der Waals surface area contributed by atoms with Crippen LogP contribution in [-0.4, -0.2) is 18.7 Å². The number of carbonyl (C=O) groups excluding carboxylic acids is 1. The number of carbonyl (C=O) groups is 1. The van der Waals surface area contributed by atoms with Crippen LogP contribution in [0.1, 0.15) is 28.6 Å². The zero-order valence-corrected chi connectivity index (χ0v) is 19.3. The minimum atomic E-state index is -0.453. The zero-order valence-electron chi connectivity index (χ0n) is 17.7. The summed E-state index contributed by atoms with van der Waals surface area (Å²) in [5, 5.41) is 4.87. The van der Waals surface area contributed by atoms with Crippen LogP contribution in [0.15, 0.2) is 80.7 Å². The van der Waals surface area contributed by atoms with Crippen molar-refractivity contribution in [1.82, 2.24) is 5.43 Å². The molecule has 6 nitrogen and oxygen atoms in total. The number of ether oxygens (including phenoxy) is 2. The first-order valence-corrected chi connectivity index (χ1v) is 11.0. The van der Waals surface area contributed by atoms with E-state index < -0.39 is 5.91 Å². The molecule has 3 aromatic carbocycles. The number of hydrazone groups is 1. The van der Waals surface area contributed by atoms with Gasteiger partial charge in [-0.3, -0.25) is 4.79 Å². The number of halogens is 2. The molecule has 1 heterocycles. The Labute approximate surface area is 198 Å². The molecular weight excluding hydrogens is 491 g/mol. The van der Waals surface area contributed by atoms with Crippen LogP contribution in [0.25, 0.3) is 11.0 Å². The average molecular weight is 511 g/mol. The molecule has 0 saturated carbocycles. The molecule has 0 spiro atoms. The number of rotatable bonds is 8. The van der Waals surface area contributed by atoms with Crippen molar-refractivity contribution in [2.75, 3.05) is 6.61 Å². The summed E-state index contributed by atoms with van der Waals surface area (Å²) in [6.07, 6.45) is 1.50. The lowest BCUT2D eigenvalue weighted by Crippen LogP contribution is -2.16. The third kappa shape index (κ3) is 5.59. The summed E-state index contributed by atoms with van der Waals surface area (Å²) < 4.78 is 30.9. The van der Waals surface area contributed by atoms with Gasteiger partial charge in [0.05, 0.1) is 17.3 Å². The van der Waals surface area contributed by atoms with Gasteiger partial charge >= 0.3 is 5.91 Å². The van der Waals surface area contributed by atoms with Gasteiger partial charge in [0.1, 0.15) is 18.0 Å². The Balaban J connectivity index is 1.46. The third-order valence-corrected chi connectivity index (χ3v) is 5.25. The summed E-state index contributed by atoms with van der Waals surface area (Å²) >= 11 is 3.50. The van der Waals surface area contributed by atoms with E-state index in [2.05, 4.69) is 26.5 Å². The van der Waals surface area contributed by atoms with Crippen LogP contribution in [0.2, 0.25) is 0 Å². The number of benzene rings is 3. The predicted molar refractivity (Wildman–Crippen MR) is 127 cm³/mol. The van der Waals surface area contributed by atoms with Crippen LogP contribution in [0, 0.1) is 5.82 Å². The Kier molecular flexibility index (Phi) is 7.04. The number of nitrogens with one attached hydrogen (secondary N) is 1. The van der Waals surface area contributed by atoms with Gasteiger partial charge in [-0.05, 0) is 70.4 Å². The molecule has 0 unspecified atom stereocenters. The highest BCUT2D eigenvalue weighted by molar-refractivity contribution is 9.10. The van der Waals surface area contributed by atoms with Crippen molar-refractivity contribution in [3.05, 3.63) is 93.9 Å². The lowest BCUT2D eigenvalue weighted by Gasteiger charge is -2.14. The monoisotopic (exact) mass is 510 g/mol. The summed E-state index contributed by atoms with van der Waals surface area (Å²) in [5.41, 5.74) is 4.60. The van der Waals surface area contributed by atoms with Crippen molar-refractivity contribution >= 4 is 39.0 Å². The molecular formula is C25H20BrFN2O4. The fourth-order valence-electron chi connectivity index (χ4n) is 3.12. The highest BCUT2D eigenvalue weighted by Crippen LogP contribution is 2.37. The van der Waals surface area contributed by atoms with E-state index in [4.69, 9.17) is 13.9 Å². The normalized spacial score (nSPS) is 11.1. The van der Waals surface area contributed by atoms with E-state index in [0.717, 1.165) is 10.9 Å². The van der Waals surface area contributed by atoms with Crippen LogP contribution in [0.4, 0.5) is 4.39 Å². The molecule has 0 fully saturated rings. The van der Waals surface area contributed by atoms with Gasteiger partial charge in [0.2, 0.25) is 0 Å². The van der Waals surface area contributed by atoms with E-state index in [1.807, 2.05) is 25.1 Å². The van der Waals surface area contributed by atoms with Gasteiger partial charge in [-0.25, -0.2) is 9.82 Å². The molecule has 0 aliphatic rings. The second-order valence-corrected chi connectivity index (χ2v) is 7.88. The molecule has 0 saturated heterocycles. The van der Waals surface area contributed by atoms with Crippen molar-refractivity contribution in [2.45, 2.75) is 13.5 Å². The largest absolute Gasteiger partial charge is 0.490 e. The summed E-state index contributed by atoms with van der Waals surface area (Å²) in [6.45, 7) is 2.55. The number of amides is 1. The fraction of sp³-hybridized carbons (Fsp3) is 0.120. The van der Waals surface area contributed by atoms with E-state index in [0.29, 0.717) is 33.7 Å². The van der Waals surface area contributed by atoms with Gasteiger partial charge in [-0.2, -0.15) is 5.10 Å². The van der Waals surface area contributed by atoms with Crippen molar-refractivity contribution in [1.29, 1.82) is 0 Å². The lowest BCUT2D eigenvalue weighted by molar-refractivity contribution is 0.0929. The molecule has 8 heteroatoms. The number of furan rings is 1. The third-order valence-electron chi connectivity index (χ3n) is 4.66. The van der Waals surface area contributed by atoms with Gasteiger partial charge in [-0.1, -0.05) is 30.3 Å². The van der Waals surface area contributed by atoms with Crippen molar-refractivity contribution in [2.24, 2.45) is 5.10 Å². The zero-order chi connectivity index (χ0) is 23.2. The van der Waals surface area contributed by atoms with E-state index in [9.17, 15) is 9.18 Å². The van der Waals surface area contributed by atoms with Gasteiger partial charge in [0.25, 0.3) is 0 Å². The van der Waals surface area contributed by atoms with Gasteiger partial charge in [0, 0.05) is 5.39 Å². The van der Waals surface area contributed by atoms with Crippen molar-refractivity contribution < 1.29 is 23.1 Å². The van der Waals surface area contributed by atoms with Crippen LogP contribution < -0.4 is 14.9 Å². The summed E-state index contributed by atoms with van der Waals surface area (Å²) in [5.74, 6) is 0.453. The van der Waals surface area contributed by atoms with Crippen LogP contribution >= 0.6 is 15.9 Å². The molecule has 0 bridgehead atoms. The van der Waals surface area contributed by atoms with Crippen LogP contribution in [0.5, 0.6) is 11.5 Å². The molecule has 33 heavy (non-hydrogen) atoms. The molecule has 0 radical (unpaired) electrons. The molecule has 1 N–H and O–H groups in total. The average Bonchev–Trinajstić information content (AvgIpc) is 3.24. The molecule has 168 valence electrons. The molecule has 0 atom stereocenters. The summed E-state index contributed by atoms with van der Waals surface area (Å²) in [6, 6.07) is 18.7. The van der Waals surface area contributed by atoms with Crippen molar-refractivity contribution in [3.8, 4) is 11.5 Å². The van der Waals surface area contributed by atoms with Crippen molar-refractivity contribution in [3.63, 3.8) is 0 Å². The Hall–Kier alpha value is -3.65. The second kappa shape index (κ2) is 10.3. The summed E-state index contributed by atoms with van der Waals surface area (Å²) in [4.78, 5) is 12.3. The first kappa shape index (κ1) is 22.5. The van der Waals surface area contributed by atoms with Crippen LogP contribution in [0.3, 0.4) is 0 Å². The topological polar surface area (TPSA) is 73.1 Å². The second-order valence-electron chi connectivity index (χ2n) is 7.03. The summed E-state index contributed by atoms with van der Waals surface area (Å²) in [7, 11) is 0. The van der Waals surface area contributed by atoms with Crippen LogP contribution in [-0.2, 0) is 6.61 Å². The number of para-hydroxylation sites is 1. The lowest BCUT2D eigenvalue weighted by atomic mass is 10.2. The molecule has 0 aliphatic heterocycles. The Morgan fingerprint density at radius 2 is 1.91 bits per heavy atom. The maximum atomic E-state index is 13.1. The maximum absolute atomic E-state index is 13.1. The predicted octanol–water partition coefficient (Wildman–Crippen LogP) is 6.08. The Morgan fingerprint density at radius 1 is 1.12 bits per heavy atom. The fourth-order valence-corrected chi connectivity index (χ4v) is 3.69. The van der Waals surface area contributed by atoms with E-state index in [1.165, 1.54) is 18.3 Å². The molecule has 0 aliphatic carbocycles. The van der Waals surface area contributed by atoms with Gasteiger partial charge < -0.3 is 13.9 Å². The minimum Gasteiger partial charge on any atom is -0.490 e. The van der Waals surface area contributed by atoms with Gasteiger partial charge in [-0.15, -0.1) is 0 Å². The maximum Gasteiger partial charge on any atom is 0.307 e. The highest BCUT2D eigenvalue weighted by Gasteiger charge is 2.13. The van der Waals surface area contributed by atoms with E-state index >= 15 is 0 Å². The number of fused-ring (bicyclic) bond motifs is 1. The van der Waals surface area contributed by atoms with Gasteiger partial charge in [0.15, 0.2) is 17.3 Å². The Bertz CT molecular complexity index is 1270. The molecule has 4 aromatic rings. The minimum absolute atomic E-state index is 0.175. The SMILES string of the molecule is CCOc1cc(/C=N/NC(=O)c2cc3ccccc3o2)cc(Br)c1OCc1ccc(F)cc1. The van der Waals surface area contributed by atoms with E-state index in [-0.39, 0.29) is 18.2 Å². The molecule has 1 aromatic heterocycles. The smallest absolute Gasteiger partial charge is 0.307 e. The molecule has 4 rings (SSSR count). The van der Waals surface area contributed by atoms with E-state index in [1.54, 1.807) is 36.4 Å². The first-order valence-electron chi connectivity index (χ1n) is 10.2. The number of hydrogen-bond acceptors (Lipinski definition) is 5. The number of nitrogens with zero attached hydrogens (tertiary/aromatic N) is 1. The molecule has 1 amide bonds. The highest BCUT2D eigenvalue weighted by atomic mass is 79.9. The Morgan fingerprint density at radius 3 is 2.67 bits per heavy atom. The number of hydrogen-bond donors (Lipinski definition) is 1. The first-order chi connectivity index (χ1) is 16.0.